The van der Waals surface area contributed by atoms with Gasteiger partial charge in [-0.1, -0.05) is 35.9 Å². The van der Waals surface area contributed by atoms with Crippen LogP contribution in [-0.2, 0) is 12.8 Å². The summed E-state index contributed by atoms with van der Waals surface area (Å²) in [5.41, 5.74) is 6.98. The van der Waals surface area contributed by atoms with E-state index in [0.717, 1.165) is 35.6 Å². The van der Waals surface area contributed by atoms with Gasteiger partial charge in [0.2, 0.25) is 0 Å². The van der Waals surface area contributed by atoms with Gasteiger partial charge in [-0.15, -0.1) is 6.58 Å². The molecule has 0 aliphatic heterocycles. The minimum absolute atomic E-state index is 0.803. The van der Waals surface area contributed by atoms with Gasteiger partial charge in [0.1, 0.15) is 0 Å². The molecule has 0 unspecified atom stereocenters. The summed E-state index contributed by atoms with van der Waals surface area (Å²) in [7, 11) is 0. The van der Waals surface area contributed by atoms with Crippen molar-refractivity contribution in [2.24, 2.45) is 0 Å². The molecule has 2 aromatic heterocycles. The molecule has 0 saturated heterocycles. The SMILES string of the molecule is C=CCc1c(C)nc(-c2ccsc2)nc1Cc1ccc(C)cc1. The first-order valence-electron chi connectivity index (χ1n) is 7.73. The average molecular weight is 320 g/mol. The summed E-state index contributed by atoms with van der Waals surface area (Å²) in [5, 5.41) is 4.16. The quantitative estimate of drug-likeness (QED) is 0.608. The van der Waals surface area contributed by atoms with Crippen LogP contribution in [0.2, 0.25) is 0 Å². The molecule has 0 aliphatic rings. The zero-order valence-corrected chi connectivity index (χ0v) is 14.4. The van der Waals surface area contributed by atoms with Crippen LogP contribution in [0.3, 0.4) is 0 Å². The molecule has 0 spiro atoms. The molecule has 0 fully saturated rings. The number of hydrogen-bond acceptors (Lipinski definition) is 3. The Hall–Kier alpha value is -2.26. The van der Waals surface area contributed by atoms with Gasteiger partial charge in [-0.3, -0.25) is 0 Å². The Morgan fingerprint density at radius 2 is 1.87 bits per heavy atom. The van der Waals surface area contributed by atoms with Crippen molar-refractivity contribution >= 4 is 11.3 Å². The van der Waals surface area contributed by atoms with E-state index in [2.05, 4.69) is 61.5 Å². The van der Waals surface area contributed by atoms with Gasteiger partial charge in [-0.2, -0.15) is 11.3 Å². The fraction of sp³-hybridized carbons (Fsp3) is 0.200. The summed E-state index contributed by atoms with van der Waals surface area (Å²) >= 11 is 1.67. The Morgan fingerprint density at radius 3 is 2.52 bits per heavy atom. The van der Waals surface area contributed by atoms with E-state index >= 15 is 0 Å². The number of aromatic nitrogens is 2. The van der Waals surface area contributed by atoms with Gasteiger partial charge < -0.3 is 0 Å². The lowest BCUT2D eigenvalue weighted by Gasteiger charge is -2.12. The van der Waals surface area contributed by atoms with Gasteiger partial charge in [-0.25, -0.2) is 9.97 Å². The van der Waals surface area contributed by atoms with E-state index in [4.69, 9.17) is 9.97 Å². The Morgan fingerprint density at radius 1 is 1.09 bits per heavy atom. The number of hydrogen-bond donors (Lipinski definition) is 0. The molecule has 0 bridgehead atoms. The molecule has 3 rings (SSSR count). The van der Waals surface area contributed by atoms with Crippen LogP contribution >= 0.6 is 11.3 Å². The lowest BCUT2D eigenvalue weighted by atomic mass is 10.0. The van der Waals surface area contributed by atoms with Crippen molar-refractivity contribution in [2.75, 3.05) is 0 Å². The zero-order valence-electron chi connectivity index (χ0n) is 13.5. The van der Waals surface area contributed by atoms with Crippen LogP contribution in [0.5, 0.6) is 0 Å². The number of nitrogens with zero attached hydrogens (tertiary/aromatic N) is 2. The third kappa shape index (κ3) is 3.57. The molecule has 0 amide bonds. The summed E-state index contributed by atoms with van der Waals surface area (Å²) in [5.74, 6) is 0.818. The Bertz CT molecular complexity index is 802. The lowest BCUT2D eigenvalue weighted by Crippen LogP contribution is -2.06. The summed E-state index contributed by atoms with van der Waals surface area (Å²) in [6.07, 6.45) is 3.55. The maximum absolute atomic E-state index is 4.86. The molecule has 0 aliphatic carbocycles. The van der Waals surface area contributed by atoms with Crippen molar-refractivity contribution in [3.05, 3.63) is 81.8 Å². The Kier molecular flexibility index (Phi) is 4.68. The number of thiophene rings is 1. The maximum atomic E-state index is 4.86. The first-order chi connectivity index (χ1) is 11.2. The molecule has 2 nitrogen and oxygen atoms in total. The molecule has 0 saturated carbocycles. The third-order valence-corrected chi connectivity index (χ3v) is 4.60. The molecule has 23 heavy (non-hydrogen) atoms. The zero-order chi connectivity index (χ0) is 16.2. The summed E-state index contributed by atoms with van der Waals surface area (Å²) in [6.45, 7) is 8.05. The van der Waals surface area contributed by atoms with Crippen molar-refractivity contribution in [3.63, 3.8) is 0 Å². The fourth-order valence-electron chi connectivity index (χ4n) is 2.63. The summed E-state index contributed by atoms with van der Waals surface area (Å²) < 4.78 is 0. The second-order valence-electron chi connectivity index (χ2n) is 5.73. The summed E-state index contributed by atoms with van der Waals surface area (Å²) in [4.78, 5) is 9.56. The molecular formula is C20H20N2S. The van der Waals surface area contributed by atoms with Crippen molar-refractivity contribution in [2.45, 2.75) is 26.7 Å². The highest BCUT2D eigenvalue weighted by atomic mass is 32.1. The molecule has 0 N–H and O–H groups in total. The van der Waals surface area contributed by atoms with E-state index in [-0.39, 0.29) is 0 Å². The molecule has 3 aromatic rings. The highest BCUT2D eigenvalue weighted by Gasteiger charge is 2.13. The monoisotopic (exact) mass is 320 g/mol. The van der Waals surface area contributed by atoms with Crippen LogP contribution in [0.15, 0.2) is 53.7 Å². The van der Waals surface area contributed by atoms with Crippen molar-refractivity contribution in [1.82, 2.24) is 9.97 Å². The molecule has 1 aromatic carbocycles. The Labute approximate surface area is 141 Å². The number of rotatable bonds is 5. The second-order valence-corrected chi connectivity index (χ2v) is 6.51. The highest BCUT2D eigenvalue weighted by Crippen LogP contribution is 2.23. The van der Waals surface area contributed by atoms with Gasteiger partial charge >= 0.3 is 0 Å². The van der Waals surface area contributed by atoms with Crippen LogP contribution in [0.4, 0.5) is 0 Å². The van der Waals surface area contributed by atoms with Gasteiger partial charge in [0.05, 0.1) is 5.69 Å². The van der Waals surface area contributed by atoms with Crippen LogP contribution in [0.25, 0.3) is 11.4 Å². The predicted molar refractivity (Wildman–Crippen MR) is 98.0 cm³/mol. The summed E-state index contributed by atoms with van der Waals surface area (Å²) in [6, 6.07) is 10.7. The smallest absolute Gasteiger partial charge is 0.160 e. The van der Waals surface area contributed by atoms with Gasteiger partial charge in [0.15, 0.2) is 5.82 Å². The fourth-order valence-corrected chi connectivity index (χ4v) is 3.27. The average Bonchev–Trinajstić information content (AvgIpc) is 3.07. The first kappa shape index (κ1) is 15.6. The van der Waals surface area contributed by atoms with Crippen molar-refractivity contribution in [1.29, 1.82) is 0 Å². The standard InChI is InChI=1S/C20H20N2S/c1-4-5-18-15(3)21-20(17-10-11-23-13-17)22-19(18)12-16-8-6-14(2)7-9-16/h4,6-11,13H,1,5,12H2,2-3H3. The van der Waals surface area contributed by atoms with E-state index in [1.165, 1.54) is 16.7 Å². The minimum atomic E-state index is 0.803. The molecule has 0 radical (unpaired) electrons. The van der Waals surface area contributed by atoms with E-state index < -0.39 is 0 Å². The lowest BCUT2D eigenvalue weighted by molar-refractivity contribution is 0.949. The topological polar surface area (TPSA) is 25.8 Å². The van der Waals surface area contributed by atoms with Crippen LogP contribution in [0.1, 0.15) is 28.1 Å². The van der Waals surface area contributed by atoms with Crippen LogP contribution in [-0.4, -0.2) is 9.97 Å². The van der Waals surface area contributed by atoms with Crippen molar-refractivity contribution in [3.8, 4) is 11.4 Å². The molecule has 0 atom stereocenters. The van der Waals surface area contributed by atoms with Gasteiger partial charge in [-0.05, 0) is 42.8 Å². The number of allylic oxidation sites excluding steroid dienone is 1. The normalized spacial score (nSPS) is 10.7. The number of benzene rings is 1. The largest absolute Gasteiger partial charge is 0.233 e. The van der Waals surface area contributed by atoms with Crippen LogP contribution < -0.4 is 0 Å². The third-order valence-electron chi connectivity index (χ3n) is 3.92. The van der Waals surface area contributed by atoms with E-state index in [1.807, 2.05) is 6.08 Å². The van der Waals surface area contributed by atoms with Gasteiger partial charge in [0.25, 0.3) is 0 Å². The predicted octanol–water partition coefficient (Wildman–Crippen LogP) is 5.14. The highest BCUT2D eigenvalue weighted by molar-refractivity contribution is 7.08. The Balaban J connectivity index is 2.04. The minimum Gasteiger partial charge on any atom is -0.233 e. The maximum Gasteiger partial charge on any atom is 0.160 e. The first-order valence-corrected chi connectivity index (χ1v) is 8.67. The van der Waals surface area contributed by atoms with E-state index in [1.54, 1.807) is 11.3 Å². The van der Waals surface area contributed by atoms with E-state index in [9.17, 15) is 0 Å². The van der Waals surface area contributed by atoms with Crippen molar-refractivity contribution < 1.29 is 0 Å². The molecule has 116 valence electrons. The second kappa shape index (κ2) is 6.88. The van der Waals surface area contributed by atoms with E-state index in [0.29, 0.717) is 0 Å². The molecule has 3 heteroatoms. The molecular weight excluding hydrogens is 300 g/mol. The van der Waals surface area contributed by atoms with Crippen LogP contribution in [0, 0.1) is 13.8 Å². The number of aryl methyl sites for hydroxylation is 2. The van der Waals surface area contributed by atoms with Gasteiger partial charge in [0, 0.05) is 23.1 Å². The molecule has 2 heterocycles.